The molecule has 0 fully saturated rings. The van der Waals surface area contributed by atoms with Crippen molar-refractivity contribution in [1.82, 2.24) is 15.0 Å². The van der Waals surface area contributed by atoms with Gasteiger partial charge >= 0.3 is 0 Å². The number of hydrogen-bond donors (Lipinski definition) is 1. The van der Waals surface area contributed by atoms with Crippen molar-refractivity contribution < 1.29 is 0 Å². The molecule has 28 heavy (non-hydrogen) atoms. The molecular weight excluding hydrogens is 344 g/mol. The fourth-order valence-electron chi connectivity index (χ4n) is 3.52. The Kier molecular flexibility index (Phi) is 3.95. The molecule has 0 aliphatic carbocycles. The Morgan fingerprint density at radius 2 is 1.46 bits per heavy atom. The molecule has 0 amide bonds. The zero-order valence-electron chi connectivity index (χ0n) is 15.2. The number of rotatable bonds is 3. The van der Waals surface area contributed by atoms with Gasteiger partial charge in [-0.15, -0.1) is 0 Å². The number of nitrogen functional groups attached to an aromatic ring is 1. The van der Waals surface area contributed by atoms with Crippen LogP contribution in [0, 0.1) is 0 Å². The molecule has 2 aromatic heterocycles. The summed E-state index contributed by atoms with van der Waals surface area (Å²) in [6.45, 7) is 0. The van der Waals surface area contributed by atoms with Crippen LogP contribution in [0.25, 0.3) is 33.1 Å². The van der Waals surface area contributed by atoms with Crippen molar-refractivity contribution in [3.8, 4) is 11.3 Å². The average molecular weight is 362 g/mol. The molecule has 0 radical (unpaired) electrons. The van der Waals surface area contributed by atoms with Gasteiger partial charge in [0.15, 0.2) is 0 Å². The van der Waals surface area contributed by atoms with Gasteiger partial charge in [0.05, 0.1) is 16.9 Å². The molecule has 0 aliphatic rings. The number of nitrogens with two attached hydrogens (primary N) is 1. The minimum Gasteiger partial charge on any atom is -0.368 e. The summed E-state index contributed by atoms with van der Waals surface area (Å²) < 4.78 is 0. The molecule has 0 atom stereocenters. The molecule has 4 nitrogen and oxygen atoms in total. The first-order chi connectivity index (χ1) is 13.8. The van der Waals surface area contributed by atoms with Crippen LogP contribution in [0.1, 0.15) is 11.3 Å². The van der Waals surface area contributed by atoms with Gasteiger partial charge < -0.3 is 5.73 Å². The summed E-state index contributed by atoms with van der Waals surface area (Å²) in [5, 5.41) is 2.41. The van der Waals surface area contributed by atoms with Crippen LogP contribution in [-0.4, -0.2) is 15.0 Å². The number of aromatic nitrogens is 3. The summed E-state index contributed by atoms with van der Waals surface area (Å²) in [6, 6.07) is 28.9. The van der Waals surface area contributed by atoms with Crippen molar-refractivity contribution in [3.05, 3.63) is 96.2 Å². The van der Waals surface area contributed by atoms with Gasteiger partial charge in [-0.05, 0) is 34.5 Å². The van der Waals surface area contributed by atoms with E-state index in [0.29, 0.717) is 6.42 Å². The van der Waals surface area contributed by atoms with E-state index >= 15 is 0 Å². The molecule has 0 saturated carbocycles. The Morgan fingerprint density at radius 1 is 0.679 bits per heavy atom. The molecule has 134 valence electrons. The number of pyridine rings is 1. The maximum atomic E-state index is 5.94. The fraction of sp³-hybridized carbons (Fsp3) is 0.0417. The van der Waals surface area contributed by atoms with Crippen molar-refractivity contribution in [3.63, 3.8) is 0 Å². The highest BCUT2D eigenvalue weighted by Gasteiger charge is 2.11. The smallest absolute Gasteiger partial charge is 0.220 e. The maximum Gasteiger partial charge on any atom is 0.220 e. The summed E-state index contributed by atoms with van der Waals surface area (Å²) in [4.78, 5) is 13.8. The van der Waals surface area contributed by atoms with Crippen LogP contribution >= 0.6 is 0 Å². The van der Waals surface area contributed by atoms with Crippen LogP contribution in [0.4, 0.5) is 5.95 Å². The number of anilines is 1. The molecule has 5 rings (SSSR count). The second-order valence-electron chi connectivity index (χ2n) is 6.82. The van der Waals surface area contributed by atoms with E-state index in [1.807, 2.05) is 36.4 Å². The lowest BCUT2D eigenvalue weighted by atomic mass is 10.0. The summed E-state index contributed by atoms with van der Waals surface area (Å²) in [6.07, 6.45) is 0.665. The average Bonchev–Trinajstić information content (AvgIpc) is 2.74. The lowest BCUT2D eigenvalue weighted by molar-refractivity contribution is 1.06. The number of hydrogen-bond acceptors (Lipinski definition) is 4. The predicted molar refractivity (Wildman–Crippen MR) is 114 cm³/mol. The van der Waals surface area contributed by atoms with E-state index < -0.39 is 0 Å². The Bertz CT molecular complexity index is 1300. The molecule has 0 bridgehead atoms. The van der Waals surface area contributed by atoms with Crippen LogP contribution in [0.3, 0.4) is 0 Å². The lowest BCUT2D eigenvalue weighted by Crippen LogP contribution is -2.03. The predicted octanol–water partition coefficient (Wildman–Crippen LogP) is 5.02. The third kappa shape index (κ3) is 3.05. The monoisotopic (exact) mass is 362 g/mol. The Balaban J connectivity index is 1.64. The quantitative estimate of drug-likeness (QED) is 0.489. The molecule has 2 heterocycles. The highest BCUT2D eigenvalue weighted by Crippen LogP contribution is 2.26. The van der Waals surface area contributed by atoms with Crippen molar-refractivity contribution >= 4 is 27.8 Å². The SMILES string of the molecule is Nc1nc(Cc2ccccc2)c2nc(-c3ccc4ccccc4c3)ccc2n1. The second-order valence-corrected chi connectivity index (χ2v) is 6.82. The van der Waals surface area contributed by atoms with Gasteiger partial charge in [0.1, 0.15) is 5.52 Å². The minimum absolute atomic E-state index is 0.277. The van der Waals surface area contributed by atoms with E-state index in [0.717, 1.165) is 28.0 Å². The van der Waals surface area contributed by atoms with Gasteiger partial charge in [0.2, 0.25) is 5.95 Å². The highest BCUT2D eigenvalue weighted by atomic mass is 15.0. The first kappa shape index (κ1) is 16.4. The van der Waals surface area contributed by atoms with Crippen molar-refractivity contribution in [2.45, 2.75) is 6.42 Å². The van der Waals surface area contributed by atoms with E-state index in [4.69, 9.17) is 10.7 Å². The van der Waals surface area contributed by atoms with E-state index in [1.165, 1.54) is 16.3 Å². The molecular formula is C24H18N4. The number of benzene rings is 3. The molecule has 2 N–H and O–H groups in total. The van der Waals surface area contributed by atoms with E-state index in [2.05, 4.69) is 58.5 Å². The zero-order valence-corrected chi connectivity index (χ0v) is 15.2. The molecule has 0 aliphatic heterocycles. The normalized spacial score (nSPS) is 11.1. The van der Waals surface area contributed by atoms with Crippen molar-refractivity contribution in [2.75, 3.05) is 5.73 Å². The Labute approximate surface area is 162 Å². The van der Waals surface area contributed by atoms with Crippen LogP contribution in [0.2, 0.25) is 0 Å². The van der Waals surface area contributed by atoms with Crippen molar-refractivity contribution in [1.29, 1.82) is 0 Å². The Morgan fingerprint density at radius 3 is 2.32 bits per heavy atom. The van der Waals surface area contributed by atoms with Gasteiger partial charge in [-0.25, -0.2) is 15.0 Å². The third-order valence-corrected chi connectivity index (χ3v) is 4.89. The minimum atomic E-state index is 0.277. The third-order valence-electron chi connectivity index (χ3n) is 4.89. The Hall–Kier alpha value is -3.79. The van der Waals surface area contributed by atoms with Crippen LogP contribution < -0.4 is 5.73 Å². The first-order valence-corrected chi connectivity index (χ1v) is 9.22. The van der Waals surface area contributed by atoms with Gasteiger partial charge in [-0.1, -0.05) is 66.7 Å². The second kappa shape index (κ2) is 6.74. The zero-order chi connectivity index (χ0) is 18.9. The molecule has 5 aromatic rings. The van der Waals surface area contributed by atoms with Gasteiger partial charge in [0, 0.05) is 12.0 Å². The lowest BCUT2D eigenvalue weighted by Gasteiger charge is -2.09. The van der Waals surface area contributed by atoms with Crippen LogP contribution in [0.5, 0.6) is 0 Å². The fourth-order valence-corrected chi connectivity index (χ4v) is 3.52. The first-order valence-electron chi connectivity index (χ1n) is 9.22. The molecule has 0 spiro atoms. The maximum absolute atomic E-state index is 5.94. The summed E-state index contributed by atoms with van der Waals surface area (Å²) in [7, 11) is 0. The van der Waals surface area contributed by atoms with E-state index in [9.17, 15) is 0 Å². The molecule has 0 unspecified atom stereocenters. The topological polar surface area (TPSA) is 64.7 Å². The van der Waals surface area contributed by atoms with E-state index in [1.54, 1.807) is 0 Å². The molecule has 3 aromatic carbocycles. The summed E-state index contributed by atoms with van der Waals surface area (Å²) in [5.41, 5.74) is 11.5. The van der Waals surface area contributed by atoms with Crippen LogP contribution in [0.15, 0.2) is 84.9 Å². The van der Waals surface area contributed by atoms with Gasteiger partial charge in [-0.3, -0.25) is 0 Å². The number of fused-ring (bicyclic) bond motifs is 2. The standard InChI is InChI=1S/C24H18N4/c25-24-27-21-13-12-20(19-11-10-17-8-4-5-9-18(17)15-19)26-23(21)22(28-24)14-16-6-2-1-3-7-16/h1-13,15H,14H2,(H2,25,27,28). The summed E-state index contributed by atoms with van der Waals surface area (Å²) in [5.74, 6) is 0.277. The van der Waals surface area contributed by atoms with Gasteiger partial charge in [0.25, 0.3) is 0 Å². The van der Waals surface area contributed by atoms with Crippen molar-refractivity contribution in [2.24, 2.45) is 0 Å². The largest absolute Gasteiger partial charge is 0.368 e. The highest BCUT2D eigenvalue weighted by molar-refractivity contribution is 5.88. The number of nitrogens with zero attached hydrogens (tertiary/aromatic N) is 3. The van der Waals surface area contributed by atoms with Crippen LogP contribution in [-0.2, 0) is 6.42 Å². The van der Waals surface area contributed by atoms with E-state index in [-0.39, 0.29) is 5.95 Å². The van der Waals surface area contributed by atoms with Gasteiger partial charge in [-0.2, -0.15) is 0 Å². The molecule has 0 saturated heterocycles. The summed E-state index contributed by atoms with van der Waals surface area (Å²) >= 11 is 0. The molecule has 4 heteroatoms.